The molecule has 1 aromatic rings. The molecule has 2 rings (SSSR count). The molecule has 0 aliphatic carbocycles. The maximum Gasteiger partial charge on any atom is 0.0375 e. The first-order valence-corrected chi connectivity index (χ1v) is 3.95. The van der Waals surface area contributed by atoms with Crippen LogP contribution in [0, 0.1) is 0 Å². The van der Waals surface area contributed by atoms with Crippen molar-refractivity contribution in [3.05, 3.63) is 23.8 Å². The first-order chi connectivity index (χ1) is 5.40. The van der Waals surface area contributed by atoms with E-state index in [0.717, 1.165) is 13.0 Å². The molecule has 2 N–H and O–H groups in total. The molecule has 0 unspecified atom stereocenters. The number of halogens is 2. The smallest absolute Gasteiger partial charge is 0.0375 e. The molecule has 0 saturated heterocycles. The normalized spacial score (nSPS) is 11.8. The van der Waals surface area contributed by atoms with Gasteiger partial charge in [-0.1, -0.05) is 0 Å². The van der Waals surface area contributed by atoms with Crippen LogP contribution in [0.2, 0.25) is 0 Å². The zero-order valence-corrected chi connectivity index (χ0v) is 9.10. The van der Waals surface area contributed by atoms with Gasteiger partial charge in [-0.2, -0.15) is 0 Å². The van der Waals surface area contributed by atoms with Crippen molar-refractivity contribution in [2.45, 2.75) is 6.42 Å². The SMILES string of the molecule is CNc1ccc2c(c1)CCN2.Cl.Cl. The highest BCUT2D eigenvalue weighted by atomic mass is 35.5. The molecular weight excluding hydrogens is 207 g/mol. The molecule has 4 heteroatoms. The number of hydrogen-bond acceptors (Lipinski definition) is 2. The molecule has 0 radical (unpaired) electrons. The number of anilines is 2. The third kappa shape index (κ3) is 2.42. The van der Waals surface area contributed by atoms with Gasteiger partial charge in [-0.05, 0) is 30.2 Å². The van der Waals surface area contributed by atoms with Crippen LogP contribution >= 0.6 is 24.8 Å². The Morgan fingerprint density at radius 2 is 2.08 bits per heavy atom. The summed E-state index contributed by atoms with van der Waals surface area (Å²) in [5, 5.41) is 6.45. The van der Waals surface area contributed by atoms with E-state index in [1.54, 1.807) is 0 Å². The van der Waals surface area contributed by atoms with Crippen LogP contribution in [0.3, 0.4) is 0 Å². The lowest BCUT2D eigenvalue weighted by atomic mass is 10.1. The minimum Gasteiger partial charge on any atom is -0.388 e. The van der Waals surface area contributed by atoms with Gasteiger partial charge in [0.15, 0.2) is 0 Å². The Balaban J connectivity index is 0.000000720. The third-order valence-electron chi connectivity index (χ3n) is 2.10. The van der Waals surface area contributed by atoms with E-state index in [-0.39, 0.29) is 24.8 Å². The van der Waals surface area contributed by atoms with Crippen LogP contribution in [0.1, 0.15) is 5.56 Å². The van der Waals surface area contributed by atoms with E-state index in [4.69, 9.17) is 0 Å². The molecule has 0 amide bonds. The lowest BCUT2D eigenvalue weighted by molar-refractivity contribution is 1.11. The second-order valence-electron chi connectivity index (χ2n) is 2.80. The standard InChI is InChI=1S/C9H12N2.2ClH/c1-10-8-2-3-9-7(6-8)4-5-11-9;;/h2-3,6,10-11H,4-5H2,1H3;2*1H. The second-order valence-corrected chi connectivity index (χ2v) is 2.80. The highest BCUT2D eigenvalue weighted by molar-refractivity contribution is 5.85. The Morgan fingerprint density at radius 1 is 1.31 bits per heavy atom. The third-order valence-corrected chi connectivity index (χ3v) is 2.10. The second kappa shape index (κ2) is 5.20. The number of rotatable bonds is 1. The van der Waals surface area contributed by atoms with Gasteiger partial charge in [0.25, 0.3) is 0 Å². The van der Waals surface area contributed by atoms with Crippen LogP contribution in [0.5, 0.6) is 0 Å². The number of hydrogen-bond donors (Lipinski definition) is 2. The van der Waals surface area contributed by atoms with Gasteiger partial charge >= 0.3 is 0 Å². The number of fused-ring (bicyclic) bond motifs is 1. The van der Waals surface area contributed by atoms with Gasteiger partial charge < -0.3 is 10.6 Å². The van der Waals surface area contributed by atoms with E-state index in [1.807, 2.05) is 7.05 Å². The maximum atomic E-state index is 3.32. The summed E-state index contributed by atoms with van der Waals surface area (Å²) in [4.78, 5) is 0. The quantitative estimate of drug-likeness (QED) is 0.761. The van der Waals surface area contributed by atoms with Crippen molar-refractivity contribution in [1.29, 1.82) is 0 Å². The Kier molecular flexibility index (Phi) is 4.96. The van der Waals surface area contributed by atoms with E-state index in [9.17, 15) is 0 Å². The number of benzene rings is 1. The Morgan fingerprint density at radius 3 is 2.77 bits per heavy atom. The van der Waals surface area contributed by atoms with Crippen LogP contribution < -0.4 is 10.6 Å². The van der Waals surface area contributed by atoms with Crippen LogP contribution in [-0.2, 0) is 6.42 Å². The summed E-state index contributed by atoms with van der Waals surface area (Å²) in [6.45, 7) is 1.09. The van der Waals surface area contributed by atoms with E-state index in [2.05, 4.69) is 28.8 Å². The fourth-order valence-electron chi connectivity index (χ4n) is 1.46. The molecule has 0 bridgehead atoms. The largest absolute Gasteiger partial charge is 0.388 e. The van der Waals surface area contributed by atoms with Gasteiger partial charge in [0, 0.05) is 25.0 Å². The van der Waals surface area contributed by atoms with Gasteiger partial charge in [-0.25, -0.2) is 0 Å². The Labute approximate surface area is 90.9 Å². The number of nitrogens with one attached hydrogen (secondary N) is 2. The Bertz CT molecular complexity index is 276. The summed E-state index contributed by atoms with van der Waals surface area (Å²) in [6, 6.07) is 6.43. The summed E-state index contributed by atoms with van der Waals surface area (Å²) in [5.41, 5.74) is 3.92. The fraction of sp³-hybridized carbons (Fsp3) is 0.333. The van der Waals surface area contributed by atoms with E-state index >= 15 is 0 Å². The van der Waals surface area contributed by atoms with Crippen molar-refractivity contribution in [2.24, 2.45) is 0 Å². The fourth-order valence-corrected chi connectivity index (χ4v) is 1.46. The molecule has 0 saturated carbocycles. The van der Waals surface area contributed by atoms with Crippen LogP contribution in [-0.4, -0.2) is 13.6 Å². The average molecular weight is 221 g/mol. The molecule has 1 heterocycles. The molecule has 0 atom stereocenters. The molecule has 74 valence electrons. The maximum absolute atomic E-state index is 3.32. The lowest BCUT2D eigenvalue weighted by Gasteiger charge is -2.02. The van der Waals surface area contributed by atoms with Crippen LogP contribution in [0.15, 0.2) is 18.2 Å². The molecule has 0 aromatic heterocycles. The first-order valence-electron chi connectivity index (χ1n) is 3.95. The van der Waals surface area contributed by atoms with Gasteiger partial charge in [0.05, 0.1) is 0 Å². The van der Waals surface area contributed by atoms with E-state index in [1.165, 1.54) is 16.9 Å². The van der Waals surface area contributed by atoms with Gasteiger partial charge in [-0.3, -0.25) is 0 Å². The van der Waals surface area contributed by atoms with Crippen molar-refractivity contribution in [3.8, 4) is 0 Å². The highest BCUT2D eigenvalue weighted by Gasteiger charge is 2.08. The molecule has 2 nitrogen and oxygen atoms in total. The van der Waals surface area contributed by atoms with Crippen LogP contribution in [0.25, 0.3) is 0 Å². The van der Waals surface area contributed by atoms with Crippen molar-refractivity contribution >= 4 is 36.2 Å². The van der Waals surface area contributed by atoms with Crippen molar-refractivity contribution in [1.82, 2.24) is 0 Å². The molecule has 0 spiro atoms. The predicted octanol–water partition coefficient (Wildman–Crippen LogP) is 2.54. The Hall–Kier alpha value is -0.600. The van der Waals surface area contributed by atoms with Crippen LogP contribution in [0.4, 0.5) is 11.4 Å². The summed E-state index contributed by atoms with van der Waals surface area (Å²) >= 11 is 0. The monoisotopic (exact) mass is 220 g/mol. The first kappa shape index (κ1) is 12.4. The lowest BCUT2D eigenvalue weighted by Crippen LogP contribution is -1.90. The van der Waals surface area contributed by atoms with E-state index in [0.29, 0.717) is 0 Å². The average Bonchev–Trinajstić information content (AvgIpc) is 2.50. The molecular formula is C9H14Cl2N2. The molecule has 1 aliphatic rings. The topological polar surface area (TPSA) is 24.1 Å². The van der Waals surface area contributed by atoms with E-state index < -0.39 is 0 Å². The van der Waals surface area contributed by atoms with Gasteiger partial charge in [0.2, 0.25) is 0 Å². The van der Waals surface area contributed by atoms with Crippen molar-refractivity contribution in [2.75, 3.05) is 24.2 Å². The molecule has 1 aromatic carbocycles. The van der Waals surface area contributed by atoms with Crippen molar-refractivity contribution in [3.63, 3.8) is 0 Å². The zero-order chi connectivity index (χ0) is 7.68. The van der Waals surface area contributed by atoms with Gasteiger partial charge in [-0.15, -0.1) is 24.8 Å². The van der Waals surface area contributed by atoms with Gasteiger partial charge in [0.1, 0.15) is 0 Å². The predicted molar refractivity (Wildman–Crippen MR) is 62.7 cm³/mol. The van der Waals surface area contributed by atoms with Crippen molar-refractivity contribution < 1.29 is 0 Å². The zero-order valence-electron chi connectivity index (χ0n) is 7.46. The molecule has 0 fully saturated rings. The summed E-state index contributed by atoms with van der Waals surface area (Å²) < 4.78 is 0. The molecule has 13 heavy (non-hydrogen) atoms. The summed E-state index contributed by atoms with van der Waals surface area (Å²) in [5.74, 6) is 0. The minimum atomic E-state index is 0. The molecule has 1 aliphatic heterocycles. The summed E-state index contributed by atoms with van der Waals surface area (Å²) in [6.07, 6.45) is 1.16. The minimum absolute atomic E-state index is 0. The summed E-state index contributed by atoms with van der Waals surface area (Å²) in [7, 11) is 1.95. The highest BCUT2D eigenvalue weighted by Crippen LogP contribution is 2.24.